The summed E-state index contributed by atoms with van der Waals surface area (Å²) in [6, 6.07) is 9.92. The molecule has 0 bridgehead atoms. The number of carbonyl (C=O) groups is 1. The first-order valence-electron chi connectivity index (χ1n) is 9.13. The molecule has 2 rings (SSSR count). The second kappa shape index (κ2) is 9.83. The summed E-state index contributed by atoms with van der Waals surface area (Å²) in [4.78, 5) is 25.7. The van der Waals surface area contributed by atoms with Gasteiger partial charge < -0.3 is 10.2 Å². The van der Waals surface area contributed by atoms with E-state index in [1.807, 2.05) is 18.7 Å². The molecule has 160 valence electrons. The number of carbonyl (C=O) groups excluding carboxylic acids is 1. The van der Waals surface area contributed by atoms with Crippen molar-refractivity contribution in [2.24, 2.45) is 5.10 Å². The zero-order chi connectivity index (χ0) is 22.3. The summed E-state index contributed by atoms with van der Waals surface area (Å²) in [5, 5.41) is 17.4. The number of benzene rings is 2. The highest BCUT2D eigenvalue weighted by Gasteiger charge is 2.15. The molecule has 0 aliphatic carbocycles. The fourth-order valence-electron chi connectivity index (χ4n) is 2.75. The number of nitrogens with one attached hydrogen (secondary N) is 2. The molecule has 0 spiro atoms. The van der Waals surface area contributed by atoms with E-state index in [4.69, 9.17) is 0 Å². The van der Waals surface area contributed by atoms with Crippen LogP contribution in [0.15, 0.2) is 52.5 Å². The highest BCUT2D eigenvalue weighted by Crippen LogP contribution is 2.24. The van der Waals surface area contributed by atoms with Gasteiger partial charge in [0.05, 0.1) is 16.0 Å². The van der Waals surface area contributed by atoms with Gasteiger partial charge in [-0.25, -0.2) is 4.83 Å². The van der Waals surface area contributed by atoms with Crippen LogP contribution < -0.4 is 15.0 Å². The molecule has 2 aromatic carbocycles. The first-order valence-corrected chi connectivity index (χ1v) is 10.6. The van der Waals surface area contributed by atoms with Gasteiger partial charge in [-0.1, -0.05) is 0 Å². The van der Waals surface area contributed by atoms with Crippen molar-refractivity contribution >= 4 is 39.2 Å². The van der Waals surface area contributed by atoms with Crippen molar-refractivity contribution in [1.82, 2.24) is 4.83 Å². The largest absolute Gasteiger partial charge is 0.372 e. The molecule has 10 nitrogen and oxygen atoms in total. The summed E-state index contributed by atoms with van der Waals surface area (Å²) in [6.45, 7) is 6.57. The number of non-ortho nitro benzene ring substituents is 1. The Kier molecular flexibility index (Phi) is 7.48. The lowest BCUT2D eigenvalue weighted by Crippen LogP contribution is -2.23. The predicted molar refractivity (Wildman–Crippen MR) is 115 cm³/mol. The molecule has 0 saturated carbocycles. The Balaban J connectivity index is 2.27. The Bertz CT molecular complexity index is 1050. The Morgan fingerprint density at radius 3 is 2.33 bits per heavy atom. The van der Waals surface area contributed by atoms with E-state index in [2.05, 4.69) is 15.2 Å². The molecule has 0 heterocycles. The van der Waals surface area contributed by atoms with Gasteiger partial charge in [0.1, 0.15) is 0 Å². The topological polar surface area (TPSA) is 134 Å². The molecule has 0 saturated heterocycles. The van der Waals surface area contributed by atoms with E-state index in [9.17, 15) is 23.3 Å². The van der Waals surface area contributed by atoms with Gasteiger partial charge in [-0.15, -0.1) is 0 Å². The van der Waals surface area contributed by atoms with Crippen molar-refractivity contribution < 1.29 is 18.1 Å². The Labute approximate surface area is 174 Å². The van der Waals surface area contributed by atoms with Crippen molar-refractivity contribution in [2.45, 2.75) is 25.7 Å². The second-order valence-corrected chi connectivity index (χ2v) is 7.89. The fourth-order valence-corrected chi connectivity index (χ4v) is 3.54. The summed E-state index contributed by atoms with van der Waals surface area (Å²) in [7, 11) is -3.95. The molecule has 0 fully saturated rings. The van der Waals surface area contributed by atoms with Crippen LogP contribution in [-0.2, 0) is 14.8 Å². The molecule has 11 heteroatoms. The molecule has 0 unspecified atom stereocenters. The number of hydrazone groups is 1. The number of sulfonamides is 1. The maximum atomic E-state index is 12.4. The van der Waals surface area contributed by atoms with Gasteiger partial charge in [-0.3, -0.25) is 14.9 Å². The quantitative estimate of drug-likeness (QED) is 0.355. The van der Waals surface area contributed by atoms with E-state index in [0.29, 0.717) is 30.0 Å². The standard InChI is InChI=1S/C19H23N5O5S/c1-4-23(5-2)19-11-8-17(24(26)27)12-15(19)13-20-22-30(28,29)18-9-6-16(7-10-18)21-14(3)25/h6-13,22H,4-5H2,1-3H3,(H,21,25)/b20-13+. The molecule has 0 radical (unpaired) electrons. The van der Waals surface area contributed by atoms with Crippen molar-refractivity contribution in [3.05, 3.63) is 58.1 Å². The number of nitro benzene ring substituents is 1. The average Bonchev–Trinajstić information content (AvgIpc) is 2.69. The maximum Gasteiger partial charge on any atom is 0.276 e. The smallest absolute Gasteiger partial charge is 0.276 e. The number of nitro groups is 1. The third kappa shape index (κ3) is 5.77. The monoisotopic (exact) mass is 433 g/mol. The lowest BCUT2D eigenvalue weighted by atomic mass is 10.1. The first kappa shape index (κ1) is 22.8. The van der Waals surface area contributed by atoms with Gasteiger partial charge in [0.25, 0.3) is 15.7 Å². The van der Waals surface area contributed by atoms with Gasteiger partial charge in [0, 0.05) is 49.1 Å². The minimum absolute atomic E-state index is 0.0447. The van der Waals surface area contributed by atoms with E-state index < -0.39 is 14.9 Å². The molecule has 0 atom stereocenters. The molecule has 2 N–H and O–H groups in total. The van der Waals surface area contributed by atoms with E-state index in [1.54, 1.807) is 6.07 Å². The lowest BCUT2D eigenvalue weighted by molar-refractivity contribution is -0.384. The second-order valence-electron chi connectivity index (χ2n) is 6.23. The Morgan fingerprint density at radius 1 is 1.17 bits per heavy atom. The molecule has 0 aliphatic rings. The van der Waals surface area contributed by atoms with Crippen molar-refractivity contribution in [3.63, 3.8) is 0 Å². The minimum Gasteiger partial charge on any atom is -0.372 e. The summed E-state index contributed by atoms with van der Waals surface area (Å²) in [6.07, 6.45) is 1.24. The molecule has 0 aromatic heterocycles. The van der Waals surface area contributed by atoms with Crippen LogP contribution in [0.25, 0.3) is 0 Å². The fraction of sp³-hybridized carbons (Fsp3) is 0.263. The number of anilines is 2. The van der Waals surface area contributed by atoms with Crippen LogP contribution >= 0.6 is 0 Å². The molecule has 0 aliphatic heterocycles. The first-order chi connectivity index (χ1) is 14.2. The van der Waals surface area contributed by atoms with Crippen LogP contribution in [0.4, 0.5) is 17.1 Å². The third-order valence-corrected chi connectivity index (χ3v) is 5.43. The Hall–Kier alpha value is -3.47. The van der Waals surface area contributed by atoms with Gasteiger partial charge in [0.15, 0.2) is 0 Å². The zero-order valence-electron chi connectivity index (χ0n) is 16.8. The molecule has 2 aromatic rings. The minimum atomic E-state index is -3.95. The summed E-state index contributed by atoms with van der Waals surface area (Å²) < 4.78 is 24.9. The summed E-state index contributed by atoms with van der Waals surface area (Å²) >= 11 is 0. The normalized spacial score (nSPS) is 11.3. The van der Waals surface area contributed by atoms with Gasteiger partial charge in [0.2, 0.25) is 5.91 Å². The van der Waals surface area contributed by atoms with Crippen molar-refractivity contribution in [3.8, 4) is 0 Å². The Morgan fingerprint density at radius 2 is 1.80 bits per heavy atom. The van der Waals surface area contributed by atoms with Crippen LogP contribution in [-0.4, -0.2) is 38.6 Å². The highest BCUT2D eigenvalue weighted by atomic mass is 32.2. The molecular weight excluding hydrogens is 410 g/mol. The van der Waals surface area contributed by atoms with Crippen LogP contribution in [0.5, 0.6) is 0 Å². The van der Waals surface area contributed by atoms with E-state index in [-0.39, 0.29) is 16.5 Å². The summed E-state index contributed by atoms with van der Waals surface area (Å²) in [5.41, 5.74) is 1.46. The van der Waals surface area contributed by atoms with Crippen LogP contribution in [0.2, 0.25) is 0 Å². The maximum absolute atomic E-state index is 12.4. The molecular formula is C19H23N5O5S. The van der Waals surface area contributed by atoms with E-state index in [1.165, 1.54) is 49.5 Å². The summed E-state index contributed by atoms with van der Waals surface area (Å²) in [5.74, 6) is -0.269. The zero-order valence-corrected chi connectivity index (χ0v) is 17.6. The SMILES string of the molecule is CCN(CC)c1ccc([N+](=O)[O-])cc1/C=N/NS(=O)(=O)c1ccc(NC(C)=O)cc1. The van der Waals surface area contributed by atoms with Gasteiger partial charge in [-0.05, 0) is 44.2 Å². The van der Waals surface area contributed by atoms with E-state index >= 15 is 0 Å². The number of amides is 1. The molecule has 30 heavy (non-hydrogen) atoms. The number of hydrogen-bond donors (Lipinski definition) is 2. The predicted octanol–water partition coefficient (Wildman–Crippen LogP) is 2.71. The number of hydrogen-bond acceptors (Lipinski definition) is 7. The highest BCUT2D eigenvalue weighted by molar-refractivity contribution is 7.89. The van der Waals surface area contributed by atoms with Gasteiger partial charge in [-0.2, -0.15) is 13.5 Å². The third-order valence-electron chi connectivity index (χ3n) is 4.19. The number of rotatable bonds is 9. The van der Waals surface area contributed by atoms with Crippen LogP contribution in [0, 0.1) is 10.1 Å². The van der Waals surface area contributed by atoms with Crippen LogP contribution in [0.1, 0.15) is 26.3 Å². The van der Waals surface area contributed by atoms with Crippen LogP contribution in [0.3, 0.4) is 0 Å². The lowest BCUT2D eigenvalue weighted by Gasteiger charge is -2.22. The van der Waals surface area contributed by atoms with Crippen molar-refractivity contribution in [2.75, 3.05) is 23.3 Å². The van der Waals surface area contributed by atoms with Gasteiger partial charge >= 0.3 is 0 Å². The average molecular weight is 433 g/mol. The number of nitrogens with zero attached hydrogens (tertiary/aromatic N) is 3. The van der Waals surface area contributed by atoms with Crippen molar-refractivity contribution in [1.29, 1.82) is 0 Å². The molecule has 1 amide bonds. The van der Waals surface area contributed by atoms with E-state index in [0.717, 1.165) is 0 Å².